The van der Waals surface area contributed by atoms with Crippen molar-refractivity contribution in [3.05, 3.63) is 23.9 Å². The zero-order valence-corrected chi connectivity index (χ0v) is 11.3. The van der Waals surface area contributed by atoms with Crippen LogP contribution in [0.25, 0.3) is 0 Å². The highest BCUT2D eigenvalue weighted by Gasteiger charge is 2.35. The fourth-order valence-corrected chi connectivity index (χ4v) is 2.46. The molecule has 0 aromatic carbocycles. The number of nitrogens with zero attached hydrogens (tertiary/aromatic N) is 1. The summed E-state index contributed by atoms with van der Waals surface area (Å²) in [5.41, 5.74) is 1.17. The molecule has 1 aliphatic carbocycles. The number of methoxy groups -OCH3 is 1. The Labute approximate surface area is 108 Å². The molecular weight excluding hydrogens is 228 g/mol. The summed E-state index contributed by atoms with van der Waals surface area (Å²) in [6.45, 7) is 4.28. The highest BCUT2D eigenvalue weighted by Crippen LogP contribution is 2.38. The molecule has 0 amide bonds. The first-order valence-corrected chi connectivity index (χ1v) is 6.54. The molecule has 0 spiro atoms. The third kappa shape index (κ3) is 3.00. The number of aliphatic hydroxyl groups excluding tert-OH is 1. The fraction of sp³-hybridized carbons (Fsp3) is 0.643. The van der Waals surface area contributed by atoms with Crippen molar-refractivity contribution in [2.24, 2.45) is 5.92 Å². The van der Waals surface area contributed by atoms with Crippen molar-refractivity contribution in [2.75, 3.05) is 7.11 Å². The molecule has 1 atom stereocenters. The summed E-state index contributed by atoms with van der Waals surface area (Å²) in [4.78, 5) is 4.26. The van der Waals surface area contributed by atoms with E-state index in [1.54, 1.807) is 7.11 Å². The van der Waals surface area contributed by atoms with Gasteiger partial charge in [0.15, 0.2) is 0 Å². The van der Waals surface area contributed by atoms with Crippen molar-refractivity contribution < 1.29 is 9.84 Å². The van der Waals surface area contributed by atoms with E-state index in [0.717, 1.165) is 12.8 Å². The Kier molecular flexibility index (Phi) is 4.19. The van der Waals surface area contributed by atoms with Crippen molar-refractivity contribution in [3.63, 3.8) is 0 Å². The van der Waals surface area contributed by atoms with E-state index in [-0.39, 0.29) is 12.1 Å². The van der Waals surface area contributed by atoms with Crippen LogP contribution in [0, 0.1) is 5.92 Å². The molecule has 4 nitrogen and oxygen atoms in total. The van der Waals surface area contributed by atoms with Crippen molar-refractivity contribution in [2.45, 2.75) is 44.9 Å². The molecule has 4 heteroatoms. The molecule has 0 unspecified atom stereocenters. The summed E-state index contributed by atoms with van der Waals surface area (Å²) in [6.07, 6.45) is 3.48. The summed E-state index contributed by atoms with van der Waals surface area (Å²) in [5.74, 6) is 1.13. The van der Waals surface area contributed by atoms with Gasteiger partial charge < -0.3 is 15.2 Å². The van der Waals surface area contributed by atoms with Gasteiger partial charge in [0.05, 0.1) is 13.2 Å². The van der Waals surface area contributed by atoms with Crippen LogP contribution in [0.1, 0.15) is 38.3 Å². The Morgan fingerprint density at radius 1 is 1.39 bits per heavy atom. The molecule has 1 heterocycles. The van der Waals surface area contributed by atoms with Crippen molar-refractivity contribution in [1.82, 2.24) is 10.3 Å². The number of aliphatic hydroxyl groups is 1. The fourth-order valence-electron chi connectivity index (χ4n) is 2.46. The number of nitrogens with one attached hydrogen (secondary N) is 1. The summed E-state index contributed by atoms with van der Waals surface area (Å²) in [5, 5.41) is 13.0. The molecule has 1 fully saturated rings. The van der Waals surface area contributed by atoms with Gasteiger partial charge in [0.1, 0.15) is 0 Å². The van der Waals surface area contributed by atoms with Crippen LogP contribution in [0.5, 0.6) is 5.88 Å². The number of pyridine rings is 1. The van der Waals surface area contributed by atoms with E-state index in [1.165, 1.54) is 5.56 Å². The predicted octanol–water partition coefficient (Wildman–Crippen LogP) is 1.90. The number of hydrogen-bond acceptors (Lipinski definition) is 4. The second-order valence-electron chi connectivity index (χ2n) is 5.32. The molecular formula is C14H22N2O2. The number of aromatic nitrogens is 1. The highest BCUT2D eigenvalue weighted by molar-refractivity contribution is 5.22. The molecule has 18 heavy (non-hydrogen) atoms. The maximum absolute atomic E-state index is 9.47. The second-order valence-corrected chi connectivity index (χ2v) is 5.32. The van der Waals surface area contributed by atoms with Crippen LogP contribution in [-0.2, 0) is 0 Å². The highest BCUT2D eigenvalue weighted by atomic mass is 16.5. The first-order chi connectivity index (χ1) is 8.60. The van der Waals surface area contributed by atoms with Gasteiger partial charge in [0, 0.05) is 24.3 Å². The van der Waals surface area contributed by atoms with Crippen molar-refractivity contribution in [3.8, 4) is 5.88 Å². The van der Waals surface area contributed by atoms with Gasteiger partial charge in [-0.1, -0.05) is 19.9 Å². The molecule has 100 valence electrons. The predicted molar refractivity (Wildman–Crippen MR) is 70.5 cm³/mol. The van der Waals surface area contributed by atoms with Crippen LogP contribution in [0.3, 0.4) is 0 Å². The minimum atomic E-state index is -0.127. The van der Waals surface area contributed by atoms with E-state index >= 15 is 0 Å². The Morgan fingerprint density at radius 2 is 2.11 bits per heavy atom. The van der Waals surface area contributed by atoms with Gasteiger partial charge in [-0.3, -0.25) is 0 Å². The zero-order valence-electron chi connectivity index (χ0n) is 11.3. The van der Waals surface area contributed by atoms with Crippen LogP contribution in [0.15, 0.2) is 18.3 Å². The van der Waals surface area contributed by atoms with E-state index in [1.807, 2.05) is 12.3 Å². The van der Waals surface area contributed by atoms with E-state index in [4.69, 9.17) is 4.74 Å². The smallest absolute Gasteiger partial charge is 0.212 e. The average molecular weight is 250 g/mol. The molecule has 2 N–H and O–H groups in total. The zero-order chi connectivity index (χ0) is 13.1. The number of ether oxygens (including phenoxy) is 1. The lowest BCUT2D eigenvalue weighted by Crippen LogP contribution is -2.41. The van der Waals surface area contributed by atoms with E-state index in [2.05, 4.69) is 30.2 Å². The Balaban J connectivity index is 2.11. The quantitative estimate of drug-likeness (QED) is 0.838. The van der Waals surface area contributed by atoms with Gasteiger partial charge in [-0.25, -0.2) is 4.98 Å². The van der Waals surface area contributed by atoms with Gasteiger partial charge >= 0.3 is 0 Å². The number of rotatable bonds is 5. The maximum Gasteiger partial charge on any atom is 0.212 e. The SMILES string of the molecule is COc1ccc([C@@H](NC(C)C)C2CC(O)C2)cn1. The molecule has 2 rings (SSSR count). The third-order valence-corrected chi connectivity index (χ3v) is 3.46. The summed E-state index contributed by atoms with van der Waals surface area (Å²) >= 11 is 0. The van der Waals surface area contributed by atoms with Crippen LogP contribution >= 0.6 is 0 Å². The summed E-state index contributed by atoms with van der Waals surface area (Å²) in [7, 11) is 1.62. The third-order valence-electron chi connectivity index (χ3n) is 3.46. The largest absolute Gasteiger partial charge is 0.481 e. The molecule has 0 saturated heterocycles. The average Bonchev–Trinajstić information content (AvgIpc) is 2.32. The van der Waals surface area contributed by atoms with E-state index in [9.17, 15) is 5.11 Å². The second kappa shape index (κ2) is 5.67. The van der Waals surface area contributed by atoms with Crippen LogP contribution in [0.4, 0.5) is 0 Å². The Morgan fingerprint density at radius 3 is 2.56 bits per heavy atom. The Hall–Kier alpha value is -1.13. The van der Waals surface area contributed by atoms with Gasteiger partial charge in [0.2, 0.25) is 5.88 Å². The molecule has 1 aliphatic rings. The molecule has 1 saturated carbocycles. The van der Waals surface area contributed by atoms with E-state index < -0.39 is 0 Å². The maximum atomic E-state index is 9.47. The van der Waals surface area contributed by atoms with Crippen molar-refractivity contribution >= 4 is 0 Å². The molecule has 1 aromatic heterocycles. The standard InChI is InChI=1S/C14H22N2O2/c1-9(2)16-14(11-6-12(17)7-11)10-4-5-13(18-3)15-8-10/h4-5,8-9,11-12,14,16-17H,6-7H2,1-3H3/t11?,12?,14-/m1/s1. The molecule has 0 radical (unpaired) electrons. The van der Waals surface area contributed by atoms with Gasteiger partial charge in [-0.15, -0.1) is 0 Å². The van der Waals surface area contributed by atoms with Crippen LogP contribution < -0.4 is 10.1 Å². The Bertz CT molecular complexity index is 372. The lowest BCUT2D eigenvalue weighted by Gasteiger charge is -2.39. The summed E-state index contributed by atoms with van der Waals surface area (Å²) in [6, 6.07) is 4.62. The van der Waals surface area contributed by atoms with Crippen molar-refractivity contribution in [1.29, 1.82) is 0 Å². The molecule has 0 aliphatic heterocycles. The number of hydrogen-bond donors (Lipinski definition) is 2. The van der Waals surface area contributed by atoms with Gasteiger partial charge in [-0.05, 0) is 24.3 Å². The monoisotopic (exact) mass is 250 g/mol. The van der Waals surface area contributed by atoms with Crippen LogP contribution in [0.2, 0.25) is 0 Å². The van der Waals surface area contributed by atoms with Crippen LogP contribution in [-0.4, -0.2) is 29.3 Å². The first kappa shape index (κ1) is 13.3. The molecule has 1 aromatic rings. The normalized spacial score (nSPS) is 24.7. The lowest BCUT2D eigenvalue weighted by atomic mass is 9.75. The lowest BCUT2D eigenvalue weighted by molar-refractivity contribution is 0.0225. The minimum absolute atomic E-state index is 0.127. The molecule has 0 bridgehead atoms. The van der Waals surface area contributed by atoms with Gasteiger partial charge in [0.25, 0.3) is 0 Å². The summed E-state index contributed by atoms with van der Waals surface area (Å²) < 4.78 is 5.08. The topological polar surface area (TPSA) is 54.4 Å². The van der Waals surface area contributed by atoms with Gasteiger partial charge in [-0.2, -0.15) is 0 Å². The van der Waals surface area contributed by atoms with E-state index in [0.29, 0.717) is 17.8 Å². The minimum Gasteiger partial charge on any atom is -0.481 e. The first-order valence-electron chi connectivity index (χ1n) is 6.54.